The van der Waals surface area contributed by atoms with Crippen molar-refractivity contribution in [3.05, 3.63) is 0 Å². The van der Waals surface area contributed by atoms with Gasteiger partial charge in [-0.15, -0.1) is 0 Å². The van der Waals surface area contributed by atoms with Crippen LogP contribution in [0.5, 0.6) is 0 Å². The van der Waals surface area contributed by atoms with Crippen LogP contribution in [0.25, 0.3) is 0 Å². The Morgan fingerprint density at radius 1 is 1.08 bits per heavy atom. The van der Waals surface area contributed by atoms with Crippen LogP contribution in [-0.4, -0.2) is 54.8 Å². The second-order valence-electron chi connectivity index (χ2n) is 3.35. The van der Waals surface area contributed by atoms with Crippen molar-refractivity contribution in [1.29, 1.82) is 0 Å². The molecule has 0 unspecified atom stereocenters. The Hall–Kier alpha value is -0.170. The summed E-state index contributed by atoms with van der Waals surface area (Å²) in [7, 11) is 4.94. The van der Waals surface area contributed by atoms with Crippen LogP contribution in [0.3, 0.4) is 0 Å². The van der Waals surface area contributed by atoms with Crippen molar-refractivity contribution in [2.45, 2.75) is 6.92 Å². The van der Waals surface area contributed by atoms with Gasteiger partial charge in [-0.1, -0.05) is 0 Å². The van der Waals surface area contributed by atoms with Gasteiger partial charge in [-0.3, -0.25) is 8.37 Å². The highest BCUT2D eigenvalue weighted by Gasteiger charge is 2.01. The topological polar surface area (TPSA) is 52.6 Å². The molecule has 0 aliphatic heterocycles. The fraction of sp³-hybridized carbons (Fsp3) is 1.00. The molecule has 0 aromatic rings. The first-order valence-electron chi connectivity index (χ1n) is 3.85. The third kappa shape index (κ3) is 14.7. The zero-order valence-electron chi connectivity index (χ0n) is 9.20. The normalized spacial score (nSPS) is 11.8. The van der Waals surface area contributed by atoms with Crippen molar-refractivity contribution in [3.8, 4) is 0 Å². The van der Waals surface area contributed by atoms with E-state index >= 15 is 0 Å². The van der Waals surface area contributed by atoms with Gasteiger partial charge >= 0.3 is 10.4 Å². The molecule has 0 aromatic heterocycles. The fourth-order valence-corrected chi connectivity index (χ4v) is 0.204. The molecule has 0 radical (unpaired) electrons. The van der Waals surface area contributed by atoms with Gasteiger partial charge in [-0.05, 0) is 6.92 Å². The average molecular weight is 214 g/mol. The lowest BCUT2D eigenvalue weighted by Gasteiger charge is -2.20. The molecule has 0 aliphatic carbocycles. The molecule has 5 nitrogen and oxygen atoms in total. The molecule has 0 atom stereocenters. The van der Waals surface area contributed by atoms with Crippen molar-refractivity contribution in [2.24, 2.45) is 0 Å². The van der Waals surface area contributed by atoms with Crippen LogP contribution in [0.15, 0.2) is 0 Å². The summed E-state index contributed by atoms with van der Waals surface area (Å²) in [4.78, 5) is 0. The van der Waals surface area contributed by atoms with Gasteiger partial charge in [0, 0.05) is 0 Å². The molecule has 0 aromatic carbocycles. The number of hydrogen-bond acceptors (Lipinski definition) is 4. The summed E-state index contributed by atoms with van der Waals surface area (Å²) >= 11 is 0. The molecule has 0 bridgehead atoms. The van der Waals surface area contributed by atoms with E-state index in [1.807, 2.05) is 0 Å². The molecule has 0 fully saturated rings. The lowest BCUT2D eigenvalue weighted by molar-refractivity contribution is -0.868. The summed E-state index contributed by atoms with van der Waals surface area (Å²) in [6.07, 6.45) is 0. The van der Waals surface area contributed by atoms with Crippen molar-refractivity contribution in [1.82, 2.24) is 0 Å². The minimum Gasteiger partial charge on any atom is -0.331 e. The molecule has 13 heavy (non-hydrogen) atoms. The Bertz CT molecular complexity index is 195. The van der Waals surface area contributed by atoms with Crippen LogP contribution in [0, 0.1) is 0 Å². The maximum Gasteiger partial charge on any atom is 0.399 e. The van der Waals surface area contributed by atoms with Gasteiger partial charge in [-0.2, -0.15) is 8.42 Å². The second-order valence-corrected chi connectivity index (χ2v) is 4.83. The Labute approximate surface area is 81.2 Å². The number of hydrogen-bond donors (Lipinski definition) is 0. The fourth-order valence-electron chi connectivity index (χ4n) is 0.0680. The van der Waals surface area contributed by atoms with Crippen molar-refractivity contribution in [3.63, 3.8) is 0 Å². The summed E-state index contributed by atoms with van der Waals surface area (Å²) in [5.74, 6) is 0. The predicted octanol–water partition coefficient (Wildman–Crippen LogP) is 0.236. The third-order valence-electron chi connectivity index (χ3n) is 1.36. The van der Waals surface area contributed by atoms with Gasteiger partial charge in [0.05, 0.1) is 41.9 Å². The van der Waals surface area contributed by atoms with Gasteiger partial charge < -0.3 is 4.48 Å². The van der Waals surface area contributed by atoms with Gasteiger partial charge in [-0.25, -0.2) is 0 Å². The predicted molar refractivity (Wildman–Crippen MR) is 51.5 cm³/mol. The maximum atomic E-state index is 9.92. The first-order chi connectivity index (χ1) is 5.68. The molecule has 0 N–H and O–H groups in total. The summed E-state index contributed by atoms with van der Waals surface area (Å²) in [6, 6.07) is 0. The van der Waals surface area contributed by atoms with E-state index in [0.717, 1.165) is 18.7 Å². The minimum absolute atomic E-state index is 1.03. The van der Waals surface area contributed by atoms with Crippen molar-refractivity contribution in [2.75, 3.05) is 41.9 Å². The second kappa shape index (κ2) is 6.31. The van der Waals surface area contributed by atoms with Crippen LogP contribution in [-0.2, 0) is 18.8 Å². The van der Waals surface area contributed by atoms with Crippen molar-refractivity contribution < 1.29 is 21.3 Å². The van der Waals surface area contributed by atoms with Crippen molar-refractivity contribution >= 4 is 10.4 Å². The largest absolute Gasteiger partial charge is 0.399 e. The summed E-state index contributed by atoms with van der Waals surface area (Å²) < 4.78 is 28.6. The highest BCUT2D eigenvalue weighted by molar-refractivity contribution is 7.81. The van der Waals surface area contributed by atoms with Gasteiger partial charge in [0.15, 0.2) is 0 Å². The Kier molecular flexibility index (Phi) is 7.43. The monoisotopic (exact) mass is 214 g/mol. The molecule has 0 spiro atoms. The van der Waals surface area contributed by atoms with E-state index in [2.05, 4.69) is 36.4 Å². The Morgan fingerprint density at radius 2 is 1.31 bits per heavy atom. The lowest BCUT2D eigenvalue weighted by atomic mass is 10.6. The molecule has 0 heterocycles. The molecule has 0 saturated heterocycles. The molecule has 0 amide bonds. The van der Waals surface area contributed by atoms with E-state index in [9.17, 15) is 8.42 Å². The van der Waals surface area contributed by atoms with E-state index < -0.39 is 10.4 Å². The molecule has 0 aliphatic rings. The minimum atomic E-state index is -3.66. The summed E-state index contributed by atoms with van der Waals surface area (Å²) in [6.45, 7) is 3.39. The van der Waals surface area contributed by atoms with Crippen LogP contribution < -0.4 is 0 Å². The van der Waals surface area contributed by atoms with E-state index in [1.165, 1.54) is 6.54 Å². The Morgan fingerprint density at radius 3 is 1.31 bits per heavy atom. The van der Waals surface area contributed by atoms with Crippen LogP contribution in [0.1, 0.15) is 6.92 Å². The average Bonchev–Trinajstić information content (AvgIpc) is 2.04. The van der Waals surface area contributed by atoms with Gasteiger partial charge in [0.2, 0.25) is 0 Å². The SMILES string of the molecule is CC[N+](C)(C)C.COS(=O)(=O)OC. The zero-order valence-corrected chi connectivity index (χ0v) is 10.0. The van der Waals surface area contributed by atoms with Crippen LogP contribution in [0.4, 0.5) is 0 Å². The highest BCUT2D eigenvalue weighted by Crippen LogP contribution is 1.86. The van der Waals surface area contributed by atoms with Gasteiger partial charge in [0.1, 0.15) is 0 Å². The molecule has 6 heteroatoms. The standard InChI is InChI=1S/C5H14N.C2H6O4S/c1-5-6(2,3)4;1-5-7(3,4)6-2/h5H2,1-4H3;1-2H3/q+1;. The smallest absolute Gasteiger partial charge is 0.331 e. The highest BCUT2D eigenvalue weighted by atomic mass is 32.3. The number of rotatable bonds is 3. The first kappa shape index (κ1) is 15.3. The first-order valence-corrected chi connectivity index (χ1v) is 5.18. The maximum absolute atomic E-state index is 9.92. The van der Waals surface area contributed by atoms with E-state index in [1.54, 1.807) is 0 Å². The zero-order chi connectivity index (χ0) is 11.1. The molecule has 82 valence electrons. The molecule has 0 rings (SSSR count). The molecular weight excluding hydrogens is 194 g/mol. The third-order valence-corrected chi connectivity index (χ3v) is 2.17. The summed E-state index contributed by atoms with van der Waals surface area (Å²) in [5, 5.41) is 0. The lowest BCUT2D eigenvalue weighted by Crippen LogP contribution is -2.33. The quantitative estimate of drug-likeness (QED) is 0.631. The van der Waals surface area contributed by atoms with E-state index in [0.29, 0.717) is 0 Å². The van der Waals surface area contributed by atoms with Crippen LogP contribution in [0.2, 0.25) is 0 Å². The van der Waals surface area contributed by atoms with E-state index in [4.69, 9.17) is 0 Å². The number of quaternary nitrogens is 1. The summed E-state index contributed by atoms with van der Waals surface area (Å²) in [5.41, 5.74) is 0. The van der Waals surface area contributed by atoms with Gasteiger partial charge in [0.25, 0.3) is 0 Å². The molecular formula is C7H20NO4S+. The van der Waals surface area contributed by atoms with Crippen LogP contribution >= 0.6 is 0 Å². The Balaban J connectivity index is 0. The molecule has 0 saturated carbocycles. The number of nitrogens with zero attached hydrogens (tertiary/aromatic N) is 1. The van der Waals surface area contributed by atoms with E-state index in [-0.39, 0.29) is 0 Å².